The van der Waals surface area contributed by atoms with Gasteiger partial charge in [-0.25, -0.2) is 14.4 Å². The van der Waals surface area contributed by atoms with Crippen molar-refractivity contribution in [1.82, 2.24) is 14.9 Å². The molecule has 4 rings (SSSR count). The Bertz CT molecular complexity index is 1100. The lowest BCUT2D eigenvalue weighted by Gasteiger charge is -2.32. The molecule has 1 unspecified atom stereocenters. The molecule has 164 valence electrons. The summed E-state index contributed by atoms with van der Waals surface area (Å²) in [6.45, 7) is 0.944. The third-order valence-corrected chi connectivity index (χ3v) is 5.44. The largest absolute Gasteiger partial charge is 0.508 e. The minimum absolute atomic E-state index is 0.0760. The summed E-state index contributed by atoms with van der Waals surface area (Å²) in [4.78, 5) is 35.6. The van der Waals surface area contributed by atoms with E-state index < -0.39 is 0 Å². The molecular formula is C24H23FN4O3. The molecule has 1 atom stereocenters. The molecule has 3 aromatic rings. The highest BCUT2D eigenvalue weighted by Gasteiger charge is 2.28. The maximum Gasteiger partial charge on any atom is 0.229 e. The van der Waals surface area contributed by atoms with E-state index in [0.29, 0.717) is 36.6 Å². The van der Waals surface area contributed by atoms with Crippen molar-refractivity contribution in [2.75, 3.05) is 18.4 Å². The fraction of sp³-hybridized carbons (Fsp3) is 0.250. The minimum atomic E-state index is -0.338. The van der Waals surface area contributed by atoms with Gasteiger partial charge in [0.15, 0.2) is 5.82 Å². The van der Waals surface area contributed by atoms with Gasteiger partial charge in [-0.1, -0.05) is 24.3 Å². The predicted octanol–water partition coefficient (Wildman–Crippen LogP) is 3.41. The molecule has 1 saturated heterocycles. The smallest absolute Gasteiger partial charge is 0.229 e. The average Bonchev–Trinajstić information content (AvgIpc) is 2.81. The van der Waals surface area contributed by atoms with Crippen molar-refractivity contribution in [1.29, 1.82) is 0 Å². The van der Waals surface area contributed by atoms with Crippen LogP contribution in [0.5, 0.6) is 5.75 Å². The fourth-order valence-corrected chi connectivity index (χ4v) is 3.74. The Hall–Kier alpha value is -3.81. The molecule has 0 spiro atoms. The third kappa shape index (κ3) is 5.26. The second-order valence-electron chi connectivity index (χ2n) is 7.82. The van der Waals surface area contributed by atoms with Crippen LogP contribution in [-0.4, -0.2) is 44.9 Å². The van der Waals surface area contributed by atoms with Gasteiger partial charge in [-0.05, 0) is 42.7 Å². The van der Waals surface area contributed by atoms with Gasteiger partial charge < -0.3 is 15.3 Å². The van der Waals surface area contributed by atoms with Gasteiger partial charge in [-0.3, -0.25) is 9.59 Å². The number of nitrogens with one attached hydrogen (secondary N) is 1. The Labute approximate surface area is 184 Å². The van der Waals surface area contributed by atoms with Crippen LogP contribution in [-0.2, 0) is 16.0 Å². The van der Waals surface area contributed by atoms with Gasteiger partial charge in [0, 0.05) is 18.7 Å². The van der Waals surface area contributed by atoms with Crippen LogP contribution in [0.2, 0.25) is 0 Å². The van der Waals surface area contributed by atoms with Crippen LogP contribution >= 0.6 is 0 Å². The number of aromatic nitrogens is 2. The van der Waals surface area contributed by atoms with E-state index in [9.17, 15) is 19.1 Å². The zero-order valence-electron chi connectivity index (χ0n) is 17.4. The maximum atomic E-state index is 13.1. The van der Waals surface area contributed by atoms with Gasteiger partial charge in [0.05, 0.1) is 30.4 Å². The first-order chi connectivity index (χ1) is 15.5. The summed E-state index contributed by atoms with van der Waals surface area (Å²) in [6.07, 6.45) is 4.64. The number of halogens is 1. The van der Waals surface area contributed by atoms with Gasteiger partial charge >= 0.3 is 0 Å². The van der Waals surface area contributed by atoms with Crippen LogP contribution in [0.15, 0.2) is 60.9 Å². The van der Waals surface area contributed by atoms with Gasteiger partial charge in [-0.15, -0.1) is 0 Å². The van der Waals surface area contributed by atoms with E-state index >= 15 is 0 Å². The topological polar surface area (TPSA) is 95.4 Å². The highest BCUT2D eigenvalue weighted by molar-refractivity contribution is 5.93. The number of amides is 2. The van der Waals surface area contributed by atoms with Gasteiger partial charge in [-0.2, -0.15) is 0 Å². The van der Waals surface area contributed by atoms with E-state index in [1.54, 1.807) is 41.3 Å². The summed E-state index contributed by atoms with van der Waals surface area (Å²) in [6, 6.07) is 12.5. The quantitative estimate of drug-likeness (QED) is 0.642. The highest BCUT2D eigenvalue weighted by Crippen LogP contribution is 2.22. The predicted molar refractivity (Wildman–Crippen MR) is 117 cm³/mol. The average molecular weight is 434 g/mol. The van der Waals surface area contributed by atoms with Gasteiger partial charge in [0.2, 0.25) is 11.8 Å². The van der Waals surface area contributed by atoms with Crippen LogP contribution in [0.3, 0.4) is 0 Å². The second-order valence-corrected chi connectivity index (χ2v) is 7.82. The number of aromatic hydroxyl groups is 1. The van der Waals surface area contributed by atoms with E-state index in [0.717, 1.165) is 12.0 Å². The Morgan fingerprint density at radius 1 is 1.12 bits per heavy atom. The summed E-state index contributed by atoms with van der Waals surface area (Å²) in [7, 11) is 0. The number of anilines is 1. The summed E-state index contributed by atoms with van der Waals surface area (Å²) in [5.41, 5.74) is 1.88. The monoisotopic (exact) mass is 434 g/mol. The standard InChI is InChI=1S/C24H23FN4O3/c25-19-8-6-16(7-9-19)11-22(31)29-10-2-4-18(15-29)24(32)28-20-13-26-23(27-14-20)17-3-1-5-21(30)12-17/h1,3,5-9,12-14,18,30H,2,4,10-11,15H2,(H,28,32). The summed E-state index contributed by atoms with van der Waals surface area (Å²) < 4.78 is 13.1. The van der Waals surface area contributed by atoms with Crippen LogP contribution in [0.4, 0.5) is 10.1 Å². The third-order valence-electron chi connectivity index (χ3n) is 5.44. The van der Waals surface area contributed by atoms with Gasteiger partial charge in [0.1, 0.15) is 11.6 Å². The van der Waals surface area contributed by atoms with Crippen molar-refractivity contribution in [2.24, 2.45) is 5.92 Å². The number of likely N-dealkylation sites (tertiary alicyclic amines) is 1. The Balaban J connectivity index is 1.34. The molecule has 2 amide bonds. The molecule has 0 aliphatic carbocycles. The lowest BCUT2D eigenvalue weighted by Crippen LogP contribution is -2.44. The molecule has 1 aliphatic rings. The summed E-state index contributed by atoms with van der Waals surface area (Å²) in [5, 5.41) is 12.4. The van der Waals surface area contributed by atoms with Crippen molar-refractivity contribution in [2.45, 2.75) is 19.3 Å². The molecule has 0 radical (unpaired) electrons. The summed E-state index contributed by atoms with van der Waals surface area (Å²) >= 11 is 0. The molecule has 0 bridgehead atoms. The Morgan fingerprint density at radius 3 is 2.59 bits per heavy atom. The number of phenols is 1. The minimum Gasteiger partial charge on any atom is -0.508 e. The van der Waals surface area contributed by atoms with Crippen molar-refractivity contribution < 1.29 is 19.1 Å². The number of rotatable bonds is 5. The lowest BCUT2D eigenvalue weighted by molar-refractivity contribution is -0.133. The number of hydrogen-bond acceptors (Lipinski definition) is 5. The van der Waals surface area contributed by atoms with Gasteiger partial charge in [0.25, 0.3) is 0 Å². The fourth-order valence-electron chi connectivity index (χ4n) is 3.74. The lowest BCUT2D eigenvalue weighted by atomic mass is 9.96. The van der Waals surface area contributed by atoms with E-state index in [4.69, 9.17) is 0 Å². The normalized spacial score (nSPS) is 15.9. The molecule has 1 fully saturated rings. The molecule has 8 heteroatoms. The number of carbonyl (C=O) groups is 2. The van der Waals surface area contributed by atoms with Crippen LogP contribution in [0.25, 0.3) is 11.4 Å². The van der Waals surface area contributed by atoms with E-state index in [1.807, 2.05) is 0 Å². The Morgan fingerprint density at radius 2 is 1.88 bits per heavy atom. The molecular weight excluding hydrogens is 411 g/mol. The first-order valence-corrected chi connectivity index (χ1v) is 10.4. The molecule has 1 aliphatic heterocycles. The maximum absolute atomic E-state index is 13.1. The first kappa shape index (κ1) is 21.4. The number of benzene rings is 2. The molecule has 2 N–H and O–H groups in total. The summed E-state index contributed by atoms with van der Waals surface area (Å²) in [5.74, 6) is -0.360. The van der Waals surface area contributed by atoms with E-state index in [1.165, 1.54) is 24.5 Å². The molecule has 32 heavy (non-hydrogen) atoms. The van der Waals surface area contributed by atoms with Crippen molar-refractivity contribution in [3.05, 3.63) is 72.3 Å². The number of phenolic OH excluding ortho intramolecular Hbond substituents is 1. The molecule has 7 nitrogen and oxygen atoms in total. The first-order valence-electron chi connectivity index (χ1n) is 10.4. The highest BCUT2D eigenvalue weighted by atomic mass is 19.1. The Kier molecular flexibility index (Phi) is 6.39. The van der Waals surface area contributed by atoms with Crippen molar-refractivity contribution in [3.63, 3.8) is 0 Å². The number of nitrogens with zero attached hydrogens (tertiary/aromatic N) is 3. The molecule has 2 aromatic carbocycles. The van der Waals surface area contributed by atoms with Crippen LogP contribution in [0, 0.1) is 11.7 Å². The molecule has 0 saturated carbocycles. The second kappa shape index (κ2) is 9.55. The zero-order chi connectivity index (χ0) is 22.5. The van der Waals surface area contributed by atoms with Crippen LogP contribution in [0.1, 0.15) is 18.4 Å². The number of carbonyl (C=O) groups excluding carboxylic acids is 2. The van der Waals surface area contributed by atoms with Crippen LogP contribution < -0.4 is 5.32 Å². The van der Waals surface area contributed by atoms with Crippen molar-refractivity contribution in [3.8, 4) is 17.1 Å². The number of piperidine rings is 1. The number of hydrogen-bond donors (Lipinski definition) is 2. The molecule has 2 heterocycles. The molecule has 1 aromatic heterocycles. The van der Waals surface area contributed by atoms with E-state index in [2.05, 4.69) is 15.3 Å². The van der Waals surface area contributed by atoms with Crippen molar-refractivity contribution >= 4 is 17.5 Å². The zero-order valence-corrected chi connectivity index (χ0v) is 17.4. The van der Waals surface area contributed by atoms with E-state index in [-0.39, 0.29) is 35.7 Å². The SMILES string of the molecule is O=C(Nc1cnc(-c2cccc(O)c2)nc1)C1CCCN(C(=O)Cc2ccc(F)cc2)C1.